The van der Waals surface area contributed by atoms with Crippen molar-refractivity contribution in [2.45, 2.75) is 26.7 Å². The number of fused-ring (bicyclic) bond motifs is 3. The summed E-state index contributed by atoms with van der Waals surface area (Å²) in [6, 6.07) is 8.01. The van der Waals surface area contributed by atoms with E-state index in [1.54, 1.807) is 11.8 Å². The van der Waals surface area contributed by atoms with Gasteiger partial charge in [-0.05, 0) is 38.0 Å². The lowest BCUT2D eigenvalue weighted by atomic mass is 10.1. The van der Waals surface area contributed by atoms with Crippen molar-refractivity contribution in [1.82, 2.24) is 19.9 Å². The Labute approximate surface area is 149 Å². The number of amides is 1. The van der Waals surface area contributed by atoms with Crippen LogP contribution in [0.3, 0.4) is 0 Å². The van der Waals surface area contributed by atoms with E-state index >= 15 is 0 Å². The van der Waals surface area contributed by atoms with Crippen molar-refractivity contribution >= 4 is 39.4 Å². The van der Waals surface area contributed by atoms with E-state index in [-0.39, 0.29) is 5.91 Å². The minimum Gasteiger partial charge on any atom is -0.305 e. The predicted octanol–water partition coefficient (Wildman–Crippen LogP) is 2.65. The molecule has 1 N–H and O–H groups in total. The molecule has 1 aliphatic rings. The summed E-state index contributed by atoms with van der Waals surface area (Å²) in [5, 5.41) is 9.33. The number of hydrogen-bond donors (Lipinski definition) is 1. The van der Waals surface area contributed by atoms with Crippen LogP contribution in [0.4, 0.5) is 0 Å². The minimum absolute atomic E-state index is 0.00215. The Bertz CT molecular complexity index is 1010. The number of carbonyl (C=O) groups is 1. The zero-order valence-electron chi connectivity index (χ0n) is 14.2. The molecule has 1 amide bonds. The smallest absolute Gasteiger partial charge is 0.226 e. The summed E-state index contributed by atoms with van der Waals surface area (Å²) in [4.78, 5) is 21.2. The number of benzene rings is 1. The lowest BCUT2D eigenvalue weighted by molar-refractivity contribution is -0.119. The molecular weight excluding hydrogens is 334 g/mol. The molecule has 0 aliphatic carbocycles. The summed E-state index contributed by atoms with van der Waals surface area (Å²) in [5.74, 6) is 0.944. The third kappa shape index (κ3) is 3.00. The molecule has 4 rings (SSSR count). The fourth-order valence-electron chi connectivity index (χ4n) is 3.17. The number of nitrogens with one attached hydrogen (secondary N) is 1. The summed E-state index contributed by atoms with van der Waals surface area (Å²) in [5.41, 5.74) is 4.88. The van der Waals surface area contributed by atoms with Gasteiger partial charge in [-0.3, -0.25) is 9.79 Å². The van der Waals surface area contributed by atoms with E-state index in [2.05, 4.69) is 15.4 Å². The molecule has 1 aliphatic heterocycles. The predicted molar refractivity (Wildman–Crippen MR) is 101 cm³/mol. The van der Waals surface area contributed by atoms with Crippen molar-refractivity contribution in [1.29, 1.82) is 0 Å². The molecule has 128 valence electrons. The fourth-order valence-corrected chi connectivity index (χ4v) is 3.91. The van der Waals surface area contributed by atoms with Crippen LogP contribution in [0.25, 0.3) is 16.6 Å². The van der Waals surface area contributed by atoms with Gasteiger partial charge in [0.05, 0.1) is 12.1 Å². The molecule has 0 spiro atoms. The van der Waals surface area contributed by atoms with Crippen molar-refractivity contribution in [2.24, 2.45) is 4.99 Å². The fraction of sp³-hybridized carbons (Fsp3) is 0.333. The van der Waals surface area contributed by atoms with Gasteiger partial charge in [0, 0.05) is 28.9 Å². The lowest BCUT2D eigenvalue weighted by Crippen LogP contribution is -2.27. The van der Waals surface area contributed by atoms with E-state index in [0.717, 1.165) is 51.0 Å². The van der Waals surface area contributed by atoms with Crippen LogP contribution >= 0.6 is 11.8 Å². The van der Waals surface area contributed by atoms with Gasteiger partial charge < -0.3 is 5.32 Å². The topological polar surface area (TPSA) is 71.7 Å². The van der Waals surface area contributed by atoms with E-state index in [0.29, 0.717) is 12.8 Å². The Hall–Kier alpha value is -2.41. The number of nitrogens with zero attached hydrogens (tertiary/aromatic N) is 4. The minimum atomic E-state index is -0.00215. The van der Waals surface area contributed by atoms with Crippen LogP contribution in [0.15, 0.2) is 29.3 Å². The average Bonchev–Trinajstić information content (AvgIpc) is 3.22. The number of aryl methyl sites for hydroxylation is 2. The molecule has 0 atom stereocenters. The number of thioether (sulfide) groups is 1. The molecule has 1 aromatic carbocycles. The molecule has 0 saturated heterocycles. The van der Waals surface area contributed by atoms with E-state index in [4.69, 9.17) is 4.98 Å². The van der Waals surface area contributed by atoms with Gasteiger partial charge in [0.25, 0.3) is 0 Å². The first-order valence-corrected chi connectivity index (χ1v) is 9.32. The van der Waals surface area contributed by atoms with Gasteiger partial charge in [0.15, 0.2) is 10.8 Å². The van der Waals surface area contributed by atoms with Gasteiger partial charge in [-0.25, -0.2) is 9.50 Å². The molecule has 25 heavy (non-hydrogen) atoms. The molecule has 0 fully saturated rings. The number of aromatic nitrogens is 3. The van der Waals surface area contributed by atoms with Crippen LogP contribution in [0.5, 0.6) is 0 Å². The Kier molecular flexibility index (Phi) is 4.17. The summed E-state index contributed by atoms with van der Waals surface area (Å²) < 4.78 is 1.89. The molecule has 3 heterocycles. The number of amidine groups is 1. The SMILES string of the molecule is Cc1nc2c3ccccc3nn2c(C)c1CCC(=O)NC1=NCCS1. The van der Waals surface area contributed by atoms with Crippen molar-refractivity contribution in [2.75, 3.05) is 12.3 Å². The van der Waals surface area contributed by atoms with Crippen molar-refractivity contribution in [3.05, 3.63) is 41.2 Å². The number of rotatable bonds is 3. The van der Waals surface area contributed by atoms with Crippen LogP contribution < -0.4 is 5.32 Å². The highest BCUT2D eigenvalue weighted by Gasteiger charge is 2.16. The maximum Gasteiger partial charge on any atom is 0.226 e. The maximum atomic E-state index is 12.2. The lowest BCUT2D eigenvalue weighted by Gasteiger charge is -2.11. The standard InChI is InChI=1S/C18H19N5OS/c1-11-13(7-8-16(24)21-18-19-9-10-25-18)12(2)23-17(20-11)14-5-3-4-6-15(14)22-23/h3-6H,7-10H2,1-2H3,(H,19,21,24). The van der Waals surface area contributed by atoms with Gasteiger partial charge in [-0.1, -0.05) is 23.9 Å². The first-order valence-electron chi connectivity index (χ1n) is 8.34. The van der Waals surface area contributed by atoms with Crippen molar-refractivity contribution < 1.29 is 4.79 Å². The average molecular weight is 353 g/mol. The van der Waals surface area contributed by atoms with Crippen molar-refractivity contribution in [3.8, 4) is 0 Å². The first-order chi connectivity index (χ1) is 12.1. The third-order valence-corrected chi connectivity index (χ3v) is 5.34. The number of hydrogen-bond acceptors (Lipinski definition) is 5. The van der Waals surface area contributed by atoms with E-state index in [1.807, 2.05) is 42.6 Å². The summed E-state index contributed by atoms with van der Waals surface area (Å²) in [6.45, 7) is 4.82. The van der Waals surface area contributed by atoms with E-state index < -0.39 is 0 Å². The van der Waals surface area contributed by atoms with Crippen LogP contribution in [0, 0.1) is 13.8 Å². The van der Waals surface area contributed by atoms with E-state index in [9.17, 15) is 4.79 Å². The molecule has 2 aromatic heterocycles. The molecule has 0 saturated carbocycles. The summed E-state index contributed by atoms with van der Waals surface area (Å²) >= 11 is 1.59. The van der Waals surface area contributed by atoms with Crippen LogP contribution in [-0.2, 0) is 11.2 Å². The second kappa shape index (κ2) is 6.48. The zero-order chi connectivity index (χ0) is 17.4. The van der Waals surface area contributed by atoms with E-state index in [1.165, 1.54) is 0 Å². The Morgan fingerprint density at radius 2 is 2.16 bits per heavy atom. The first kappa shape index (κ1) is 16.1. The highest BCUT2D eigenvalue weighted by Crippen LogP contribution is 2.23. The Morgan fingerprint density at radius 1 is 1.32 bits per heavy atom. The molecule has 0 bridgehead atoms. The van der Waals surface area contributed by atoms with Crippen LogP contribution in [0.2, 0.25) is 0 Å². The van der Waals surface area contributed by atoms with Gasteiger partial charge in [-0.15, -0.1) is 0 Å². The van der Waals surface area contributed by atoms with Gasteiger partial charge in [-0.2, -0.15) is 5.10 Å². The van der Waals surface area contributed by atoms with Crippen LogP contribution in [0.1, 0.15) is 23.4 Å². The quantitative estimate of drug-likeness (QED) is 0.786. The normalized spacial score (nSPS) is 14.2. The number of carbonyl (C=O) groups excluding carboxylic acids is 1. The van der Waals surface area contributed by atoms with Gasteiger partial charge in [0.1, 0.15) is 0 Å². The van der Waals surface area contributed by atoms with Crippen LogP contribution in [-0.4, -0.2) is 38.0 Å². The summed E-state index contributed by atoms with van der Waals surface area (Å²) in [7, 11) is 0. The van der Waals surface area contributed by atoms with Gasteiger partial charge >= 0.3 is 0 Å². The molecule has 3 aromatic rings. The molecule has 0 radical (unpaired) electrons. The Morgan fingerprint density at radius 3 is 2.96 bits per heavy atom. The molecule has 0 unspecified atom stereocenters. The summed E-state index contributed by atoms with van der Waals surface area (Å²) in [6.07, 6.45) is 1.05. The molecule has 7 heteroatoms. The second-order valence-corrected chi connectivity index (χ2v) is 7.18. The monoisotopic (exact) mass is 353 g/mol. The van der Waals surface area contributed by atoms with Crippen molar-refractivity contribution in [3.63, 3.8) is 0 Å². The Balaban J connectivity index is 1.61. The highest BCUT2D eigenvalue weighted by molar-refractivity contribution is 8.14. The maximum absolute atomic E-state index is 12.2. The molecular formula is C18H19N5OS. The van der Waals surface area contributed by atoms with Gasteiger partial charge in [0.2, 0.25) is 5.91 Å². The molecule has 6 nitrogen and oxygen atoms in total. The second-order valence-electron chi connectivity index (χ2n) is 6.10. The number of aliphatic imine (C=N–C) groups is 1. The third-order valence-electron chi connectivity index (χ3n) is 4.45. The zero-order valence-corrected chi connectivity index (χ0v) is 15.1. The highest BCUT2D eigenvalue weighted by atomic mass is 32.2. The largest absolute Gasteiger partial charge is 0.305 e.